The molecule has 0 aliphatic rings. The number of halogens is 1. The molecule has 0 bridgehead atoms. The molecule has 0 fully saturated rings. The molecule has 3 aromatic rings. The van der Waals surface area contributed by atoms with Crippen molar-refractivity contribution in [3.8, 4) is 0 Å². The van der Waals surface area contributed by atoms with E-state index in [4.69, 9.17) is 11.6 Å². The first-order valence-corrected chi connectivity index (χ1v) is 11.1. The minimum atomic E-state index is -0.894. The monoisotopic (exact) mass is 448 g/mol. The smallest absolute Gasteiger partial charge is 0.280 e. The lowest BCUT2D eigenvalue weighted by molar-refractivity contribution is -0.124. The summed E-state index contributed by atoms with van der Waals surface area (Å²) < 4.78 is 3.79. The number of aromatic nitrogens is 2. The first-order valence-electron chi connectivity index (χ1n) is 9.04. The lowest BCUT2D eigenvalue weighted by atomic mass is 10.0. The molecule has 1 aromatic carbocycles. The van der Waals surface area contributed by atoms with E-state index in [1.807, 2.05) is 38.3 Å². The number of para-hydroxylation sites is 1. The Kier molecular flexibility index (Phi) is 6.66. The first-order chi connectivity index (χ1) is 13.8. The van der Waals surface area contributed by atoms with Crippen LogP contribution in [0.5, 0.6) is 0 Å². The van der Waals surface area contributed by atoms with Crippen LogP contribution in [-0.4, -0.2) is 26.9 Å². The fourth-order valence-electron chi connectivity index (χ4n) is 2.70. The second kappa shape index (κ2) is 9.02. The maximum atomic E-state index is 13.4. The highest BCUT2D eigenvalue weighted by Crippen LogP contribution is 2.36. The molecule has 0 radical (unpaired) electrons. The van der Waals surface area contributed by atoms with Gasteiger partial charge in [0.05, 0.1) is 10.7 Å². The van der Waals surface area contributed by atoms with Crippen molar-refractivity contribution >= 4 is 52.0 Å². The molecule has 2 heterocycles. The molecule has 0 saturated carbocycles. The van der Waals surface area contributed by atoms with E-state index < -0.39 is 17.5 Å². The average molecular weight is 449 g/mol. The number of carbonyl (C=O) groups is 2. The molecule has 2 amide bonds. The summed E-state index contributed by atoms with van der Waals surface area (Å²) in [5.74, 6) is -0.717. The molecule has 2 aromatic heterocycles. The van der Waals surface area contributed by atoms with Gasteiger partial charge in [0.25, 0.3) is 5.91 Å². The normalized spacial score (nSPS) is 12.4. The minimum absolute atomic E-state index is 0.166. The predicted octanol–water partition coefficient (Wildman–Crippen LogP) is 4.95. The molecule has 1 N–H and O–H groups in total. The Labute approximate surface area is 182 Å². The summed E-state index contributed by atoms with van der Waals surface area (Å²) in [7, 11) is 0. The molecule has 1 atom stereocenters. The molecule has 152 valence electrons. The molecular weight excluding hydrogens is 428 g/mol. The van der Waals surface area contributed by atoms with Gasteiger partial charge < -0.3 is 5.32 Å². The first kappa shape index (κ1) is 21.4. The van der Waals surface area contributed by atoms with E-state index in [0.717, 1.165) is 22.8 Å². The number of amides is 2. The molecule has 0 saturated heterocycles. The molecule has 1 unspecified atom stereocenters. The van der Waals surface area contributed by atoms with Gasteiger partial charge in [-0.3, -0.25) is 14.5 Å². The van der Waals surface area contributed by atoms with Crippen molar-refractivity contribution in [1.29, 1.82) is 0 Å². The maximum absolute atomic E-state index is 13.4. The Balaban J connectivity index is 2.14. The van der Waals surface area contributed by atoms with Gasteiger partial charge in [-0.25, -0.2) is 0 Å². The van der Waals surface area contributed by atoms with Gasteiger partial charge in [0.1, 0.15) is 0 Å². The van der Waals surface area contributed by atoms with E-state index in [9.17, 15) is 9.59 Å². The van der Waals surface area contributed by atoms with Gasteiger partial charge in [0, 0.05) is 15.8 Å². The number of hydrogen-bond donors (Lipinski definition) is 1. The number of benzene rings is 1. The van der Waals surface area contributed by atoms with Crippen LogP contribution in [-0.2, 0) is 4.79 Å². The topological polar surface area (TPSA) is 75.2 Å². The lowest BCUT2D eigenvalue weighted by Crippen LogP contribution is -2.50. The molecule has 0 aliphatic heterocycles. The molecular formula is C20H21ClN4O2S2. The van der Waals surface area contributed by atoms with Crippen LogP contribution in [0.15, 0.2) is 47.2 Å². The summed E-state index contributed by atoms with van der Waals surface area (Å²) >= 11 is 8.92. The van der Waals surface area contributed by atoms with Crippen molar-refractivity contribution in [2.75, 3.05) is 4.90 Å². The zero-order chi connectivity index (χ0) is 21.0. The number of nitrogens with zero attached hydrogens (tertiary/aromatic N) is 3. The minimum Gasteiger partial charge on any atom is -0.349 e. The summed E-state index contributed by atoms with van der Waals surface area (Å²) in [6.45, 7) is 5.89. The van der Waals surface area contributed by atoms with Crippen LogP contribution in [0.2, 0.25) is 5.02 Å². The Morgan fingerprint density at radius 1 is 1.24 bits per heavy atom. The SMILES string of the molecule is CCC(C)(C)NC(=O)C(c1cccs1)N(C(=O)c1csnn1)c1ccccc1Cl. The predicted molar refractivity (Wildman–Crippen MR) is 118 cm³/mol. The number of carbonyl (C=O) groups excluding carboxylic acids is 2. The number of nitrogens with one attached hydrogen (secondary N) is 1. The van der Waals surface area contributed by atoms with E-state index in [1.165, 1.54) is 16.2 Å². The fraction of sp³-hybridized carbons (Fsp3) is 0.300. The summed E-state index contributed by atoms with van der Waals surface area (Å²) in [5.41, 5.74) is 0.179. The van der Waals surface area contributed by atoms with Crippen molar-refractivity contribution in [2.24, 2.45) is 0 Å². The number of thiophene rings is 1. The molecule has 0 spiro atoms. The van der Waals surface area contributed by atoms with Crippen molar-refractivity contribution < 1.29 is 9.59 Å². The highest BCUT2D eigenvalue weighted by molar-refractivity contribution is 7.10. The number of rotatable bonds is 7. The van der Waals surface area contributed by atoms with E-state index >= 15 is 0 Å². The van der Waals surface area contributed by atoms with Crippen molar-refractivity contribution in [3.63, 3.8) is 0 Å². The summed E-state index contributed by atoms with van der Waals surface area (Å²) in [6.07, 6.45) is 0.742. The Bertz CT molecular complexity index is 974. The van der Waals surface area contributed by atoms with Crippen LogP contribution < -0.4 is 10.2 Å². The highest BCUT2D eigenvalue weighted by Gasteiger charge is 2.37. The second-order valence-corrected chi connectivity index (χ2v) is 9.06. The molecule has 6 nitrogen and oxygen atoms in total. The zero-order valence-electron chi connectivity index (χ0n) is 16.3. The summed E-state index contributed by atoms with van der Waals surface area (Å²) in [5, 5.41) is 10.8. The fourth-order valence-corrected chi connectivity index (χ4v) is 4.17. The third-order valence-corrected chi connectivity index (χ3v) is 6.32. The van der Waals surface area contributed by atoms with Crippen LogP contribution in [0.4, 0.5) is 5.69 Å². The quantitative estimate of drug-likeness (QED) is 0.555. The summed E-state index contributed by atoms with van der Waals surface area (Å²) in [6, 6.07) is 9.76. The van der Waals surface area contributed by atoms with E-state index in [-0.39, 0.29) is 11.6 Å². The van der Waals surface area contributed by atoms with Gasteiger partial charge >= 0.3 is 0 Å². The molecule has 29 heavy (non-hydrogen) atoms. The van der Waals surface area contributed by atoms with Gasteiger partial charge in [0.15, 0.2) is 11.7 Å². The second-order valence-electron chi connectivity index (χ2n) is 7.06. The van der Waals surface area contributed by atoms with E-state index in [0.29, 0.717) is 10.7 Å². The third-order valence-electron chi connectivity index (χ3n) is 4.57. The van der Waals surface area contributed by atoms with Crippen LogP contribution in [0.1, 0.15) is 48.6 Å². The van der Waals surface area contributed by atoms with Gasteiger partial charge in [-0.2, -0.15) is 0 Å². The van der Waals surface area contributed by atoms with Crippen LogP contribution in [0, 0.1) is 0 Å². The van der Waals surface area contributed by atoms with Gasteiger partial charge in [0.2, 0.25) is 5.91 Å². The molecule has 3 rings (SSSR count). The van der Waals surface area contributed by atoms with E-state index in [1.54, 1.807) is 29.6 Å². The lowest BCUT2D eigenvalue weighted by Gasteiger charge is -2.33. The number of anilines is 1. The maximum Gasteiger partial charge on any atom is 0.280 e. The zero-order valence-corrected chi connectivity index (χ0v) is 18.6. The number of hydrogen-bond acceptors (Lipinski definition) is 6. The third kappa shape index (κ3) is 4.83. The van der Waals surface area contributed by atoms with Crippen LogP contribution in [0.3, 0.4) is 0 Å². The standard InChI is InChI=1S/C20H21ClN4O2S2/c1-4-20(2,3)22-18(26)17(16-10-7-11-28-16)25(15-9-6-5-8-13(15)21)19(27)14-12-29-24-23-14/h5-12,17H,4H2,1-3H3,(H,22,26). The Morgan fingerprint density at radius 2 is 2.00 bits per heavy atom. The van der Waals surface area contributed by atoms with Crippen molar-refractivity contribution in [2.45, 2.75) is 38.8 Å². The van der Waals surface area contributed by atoms with E-state index in [2.05, 4.69) is 14.9 Å². The average Bonchev–Trinajstić information content (AvgIpc) is 3.40. The Morgan fingerprint density at radius 3 is 2.59 bits per heavy atom. The van der Waals surface area contributed by atoms with Crippen LogP contribution >= 0.6 is 34.5 Å². The molecule has 0 aliphatic carbocycles. The van der Waals surface area contributed by atoms with Crippen molar-refractivity contribution in [1.82, 2.24) is 14.9 Å². The van der Waals surface area contributed by atoms with Crippen LogP contribution in [0.25, 0.3) is 0 Å². The highest BCUT2D eigenvalue weighted by atomic mass is 35.5. The van der Waals surface area contributed by atoms with Gasteiger partial charge in [-0.15, -0.1) is 16.4 Å². The molecule has 9 heteroatoms. The van der Waals surface area contributed by atoms with Gasteiger partial charge in [-0.1, -0.05) is 41.2 Å². The summed E-state index contributed by atoms with van der Waals surface area (Å²) in [4.78, 5) is 29.0. The van der Waals surface area contributed by atoms with Crippen molar-refractivity contribution in [3.05, 3.63) is 62.8 Å². The largest absolute Gasteiger partial charge is 0.349 e. The van der Waals surface area contributed by atoms with Gasteiger partial charge in [-0.05, 0) is 55.4 Å². The Hall–Kier alpha value is -2.29.